The van der Waals surface area contributed by atoms with Gasteiger partial charge in [0.25, 0.3) is 5.91 Å². The van der Waals surface area contributed by atoms with E-state index in [0.29, 0.717) is 17.8 Å². The molecule has 3 aromatic carbocycles. The van der Waals surface area contributed by atoms with Gasteiger partial charge in [0.1, 0.15) is 0 Å². The fourth-order valence-corrected chi connectivity index (χ4v) is 3.94. The molecular formula is C25H23ClN6O. The molecule has 1 aromatic heterocycles. The van der Waals surface area contributed by atoms with E-state index in [0.717, 1.165) is 34.7 Å². The maximum Gasteiger partial charge on any atom is 0.252 e. The SMILES string of the molecule is Cc1ccc2nn(C(CNC(=O)c3ccc(N(C=N)C=N)cc3Cl)c3ccccc3)cc2c1. The Morgan fingerprint density at radius 3 is 2.58 bits per heavy atom. The number of amides is 1. The van der Waals surface area contributed by atoms with E-state index in [2.05, 4.69) is 11.4 Å². The smallest absolute Gasteiger partial charge is 0.252 e. The number of nitrogens with zero attached hydrogens (tertiary/aromatic N) is 3. The Hall–Kier alpha value is -3.97. The summed E-state index contributed by atoms with van der Waals surface area (Å²) in [5, 5.41) is 23.7. The van der Waals surface area contributed by atoms with Gasteiger partial charge in [0.15, 0.2) is 0 Å². The summed E-state index contributed by atoms with van der Waals surface area (Å²) >= 11 is 6.34. The molecule has 1 heterocycles. The molecule has 8 heteroatoms. The summed E-state index contributed by atoms with van der Waals surface area (Å²) in [6.07, 6.45) is 3.99. The number of fused-ring (bicyclic) bond motifs is 1. The van der Waals surface area contributed by atoms with Gasteiger partial charge in [-0.25, -0.2) is 0 Å². The van der Waals surface area contributed by atoms with Crippen LogP contribution < -0.4 is 10.2 Å². The number of anilines is 1. The van der Waals surface area contributed by atoms with Crippen LogP contribution in [0, 0.1) is 17.7 Å². The number of nitrogens with one attached hydrogen (secondary N) is 3. The Labute approximate surface area is 196 Å². The lowest BCUT2D eigenvalue weighted by Crippen LogP contribution is -2.31. The lowest BCUT2D eigenvalue weighted by atomic mass is 10.1. The van der Waals surface area contributed by atoms with Gasteiger partial charge >= 0.3 is 0 Å². The van der Waals surface area contributed by atoms with E-state index in [1.54, 1.807) is 18.2 Å². The van der Waals surface area contributed by atoms with Crippen molar-refractivity contribution in [3.63, 3.8) is 0 Å². The number of carbonyl (C=O) groups is 1. The first-order valence-corrected chi connectivity index (χ1v) is 10.8. The maximum atomic E-state index is 12.9. The molecule has 3 N–H and O–H groups in total. The molecule has 166 valence electrons. The summed E-state index contributed by atoms with van der Waals surface area (Å²) in [5.41, 5.74) is 3.93. The molecule has 1 unspecified atom stereocenters. The number of carbonyl (C=O) groups excluding carboxylic acids is 1. The van der Waals surface area contributed by atoms with Gasteiger partial charge in [0, 0.05) is 23.8 Å². The lowest BCUT2D eigenvalue weighted by molar-refractivity contribution is 0.0949. The number of rotatable bonds is 8. The van der Waals surface area contributed by atoms with Crippen LogP contribution in [0.4, 0.5) is 5.69 Å². The van der Waals surface area contributed by atoms with E-state index in [1.165, 1.54) is 4.90 Å². The minimum Gasteiger partial charge on any atom is -0.349 e. The van der Waals surface area contributed by atoms with E-state index in [4.69, 9.17) is 27.5 Å². The van der Waals surface area contributed by atoms with Gasteiger partial charge in [-0.1, -0.05) is 53.6 Å². The van der Waals surface area contributed by atoms with Crippen LogP contribution in [0.2, 0.25) is 5.02 Å². The van der Waals surface area contributed by atoms with Gasteiger partial charge in [-0.2, -0.15) is 5.10 Å². The minimum atomic E-state index is -0.309. The van der Waals surface area contributed by atoms with Crippen LogP contribution in [-0.4, -0.2) is 34.9 Å². The van der Waals surface area contributed by atoms with Crippen LogP contribution in [0.1, 0.15) is 27.5 Å². The molecule has 1 atom stereocenters. The Morgan fingerprint density at radius 2 is 1.88 bits per heavy atom. The predicted molar refractivity (Wildman–Crippen MR) is 133 cm³/mol. The van der Waals surface area contributed by atoms with Crippen LogP contribution in [0.15, 0.2) is 72.9 Å². The molecule has 1 amide bonds. The van der Waals surface area contributed by atoms with E-state index in [-0.39, 0.29) is 17.0 Å². The molecule has 4 rings (SSSR count). The number of halogens is 1. The van der Waals surface area contributed by atoms with Gasteiger partial charge < -0.3 is 5.32 Å². The molecule has 0 saturated carbocycles. The van der Waals surface area contributed by atoms with Gasteiger partial charge in [-0.05, 0) is 42.8 Å². The summed E-state index contributed by atoms with van der Waals surface area (Å²) in [6, 6.07) is 20.6. The summed E-state index contributed by atoms with van der Waals surface area (Å²) in [7, 11) is 0. The summed E-state index contributed by atoms with van der Waals surface area (Å²) in [6.45, 7) is 2.37. The fraction of sp³-hybridized carbons (Fsp3) is 0.120. The first-order chi connectivity index (χ1) is 16.0. The van der Waals surface area contributed by atoms with Crippen molar-refractivity contribution in [3.8, 4) is 0 Å². The molecule has 0 radical (unpaired) electrons. The molecule has 0 aliphatic heterocycles. The lowest BCUT2D eigenvalue weighted by Gasteiger charge is -2.19. The summed E-state index contributed by atoms with van der Waals surface area (Å²) in [5.74, 6) is -0.309. The standard InChI is InChI=1S/C25H23ClN6O/c1-17-7-10-23-19(11-17)14-32(30-23)24(18-5-3-2-4-6-18)13-29-25(33)21-9-8-20(12-22(21)26)31(15-27)16-28/h2-12,14-16,24,27-28H,13H2,1H3,(H,29,33). The van der Waals surface area contributed by atoms with Crippen LogP contribution in [0.5, 0.6) is 0 Å². The molecule has 4 aromatic rings. The molecule has 7 nitrogen and oxygen atoms in total. The van der Waals surface area contributed by atoms with Gasteiger partial charge in [-0.15, -0.1) is 0 Å². The average molecular weight is 459 g/mol. The zero-order chi connectivity index (χ0) is 23.4. The highest BCUT2D eigenvalue weighted by Gasteiger charge is 2.19. The van der Waals surface area contributed by atoms with Crippen molar-refractivity contribution in [2.45, 2.75) is 13.0 Å². The molecular weight excluding hydrogens is 436 g/mol. The van der Waals surface area contributed by atoms with Crippen molar-refractivity contribution in [1.29, 1.82) is 10.8 Å². The van der Waals surface area contributed by atoms with E-state index >= 15 is 0 Å². The van der Waals surface area contributed by atoms with Gasteiger partial charge in [0.05, 0.1) is 34.8 Å². The first-order valence-electron chi connectivity index (χ1n) is 10.4. The number of aryl methyl sites for hydroxylation is 1. The maximum absolute atomic E-state index is 12.9. The second kappa shape index (κ2) is 9.67. The largest absolute Gasteiger partial charge is 0.349 e. The monoisotopic (exact) mass is 458 g/mol. The van der Waals surface area contributed by atoms with Crippen LogP contribution in [0.3, 0.4) is 0 Å². The van der Waals surface area contributed by atoms with Crippen molar-refractivity contribution >= 4 is 46.8 Å². The highest BCUT2D eigenvalue weighted by molar-refractivity contribution is 6.34. The zero-order valence-corrected chi connectivity index (χ0v) is 18.8. The Kier molecular flexibility index (Phi) is 6.51. The third-order valence-corrected chi connectivity index (χ3v) is 5.72. The molecule has 0 saturated heterocycles. The molecule has 33 heavy (non-hydrogen) atoms. The predicted octanol–water partition coefficient (Wildman–Crippen LogP) is 5.04. The first kappa shape index (κ1) is 22.2. The van der Waals surface area contributed by atoms with Crippen molar-refractivity contribution in [2.24, 2.45) is 0 Å². The summed E-state index contributed by atoms with van der Waals surface area (Å²) < 4.78 is 1.89. The van der Waals surface area contributed by atoms with Crippen molar-refractivity contribution in [3.05, 3.63) is 94.6 Å². The van der Waals surface area contributed by atoms with Crippen molar-refractivity contribution in [1.82, 2.24) is 15.1 Å². The Balaban J connectivity index is 1.59. The molecule has 0 bridgehead atoms. The van der Waals surface area contributed by atoms with Gasteiger partial charge in [0.2, 0.25) is 0 Å². The highest BCUT2D eigenvalue weighted by atomic mass is 35.5. The van der Waals surface area contributed by atoms with Crippen molar-refractivity contribution < 1.29 is 4.79 Å². The molecule has 0 spiro atoms. The Bertz CT molecular complexity index is 1310. The second-order valence-electron chi connectivity index (χ2n) is 7.64. The van der Waals surface area contributed by atoms with Crippen LogP contribution >= 0.6 is 11.6 Å². The topological polar surface area (TPSA) is 97.9 Å². The van der Waals surface area contributed by atoms with E-state index < -0.39 is 0 Å². The van der Waals surface area contributed by atoms with Crippen molar-refractivity contribution in [2.75, 3.05) is 11.4 Å². The third-order valence-electron chi connectivity index (χ3n) is 5.41. The third kappa shape index (κ3) is 4.78. The minimum absolute atomic E-state index is 0.202. The van der Waals surface area contributed by atoms with E-state index in [9.17, 15) is 4.79 Å². The quantitative estimate of drug-likeness (QED) is 0.255. The number of benzene rings is 3. The van der Waals surface area contributed by atoms with Crippen LogP contribution in [-0.2, 0) is 0 Å². The highest BCUT2D eigenvalue weighted by Crippen LogP contribution is 2.24. The number of aromatic nitrogens is 2. The van der Waals surface area contributed by atoms with Crippen LogP contribution in [0.25, 0.3) is 10.9 Å². The van der Waals surface area contributed by atoms with Gasteiger partial charge in [-0.3, -0.25) is 25.2 Å². The molecule has 0 aliphatic carbocycles. The fourth-order valence-electron chi connectivity index (χ4n) is 3.68. The van der Waals surface area contributed by atoms with E-state index in [1.807, 2.05) is 60.3 Å². The Morgan fingerprint density at radius 1 is 1.12 bits per heavy atom. The average Bonchev–Trinajstić information content (AvgIpc) is 3.23. The second-order valence-corrected chi connectivity index (χ2v) is 8.04. The zero-order valence-electron chi connectivity index (χ0n) is 18.0. The molecule has 0 aliphatic rings. The molecule has 0 fully saturated rings. The summed E-state index contributed by atoms with van der Waals surface area (Å²) in [4.78, 5) is 14.2. The number of hydrogen-bond acceptors (Lipinski definition) is 4. The number of hydrogen-bond donors (Lipinski definition) is 3. The normalized spacial score (nSPS) is 11.7.